The fourth-order valence-electron chi connectivity index (χ4n) is 1.55. The van der Waals surface area contributed by atoms with Gasteiger partial charge in [-0.3, -0.25) is 0 Å². The van der Waals surface area contributed by atoms with Crippen molar-refractivity contribution in [1.82, 2.24) is 0 Å². The van der Waals surface area contributed by atoms with Gasteiger partial charge in [0, 0.05) is 5.56 Å². The van der Waals surface area contributed by atoms with E-state index in [-0.39, 0.29) is 5.56 Å². The molecule has 2 aromatic carbocycles. The van der Waals surface area contributed by atoms with Crippen LogP contribution in [0.25, 0.3) is 11.1 Å². The van der Waals surface area contributed by atoms with Crippen molar-refractivity contribution in [2.45, 2.75) is 0 Å². The maximum Gasteiger partial charge on any atom is 0.338 e. The molecule has 2 rings (SSSR count). The Balaban J connectivity index is 2.52. The highest BCUT2D eigenvalue weighted by Gasteiger charge is 2.12. The Morgan fingerprint density at radius 1 is 1.00 bits per heavy atom. The third-order valence-electron chi connectivity index (χ3n) is 2.38. The van der Waals surface area contributed by atoms with Gasteiger partial charge in [0.2, 0.25) is 0 Å². The van der Waals surface area contributed by atoms with E-state index in [9.17, 15) is 13.6 Å². The Labute approximate surface area is 96.1 Å². The predicted molar refractivity (Wildman–Crippen MR) is 58.8 cm³/mol. The molecule has 86 valence electrons. The van der Waals surface area contributed by atoms with Crippen molar-refractivity contribution in [3.05, 3.63) is 59.7 Å². The highest BCUT2D eigenvalue weighted by atomic mass is 19.1. The number of rotatable bonds is 2. The van der Waals surface area contributed by atoms with Crippen LogP contribution in [-0.2, 0) is 0 Å². The Bertz CT molecular complexity index is 579. The topological polar surface area (TPSA) is 37.3 Å². The van der Waals surface area contributed by atoms with Gasteiger partial charge in [-0.25, -0.2) is 13.6 Å². The number of hydrogen-bond acceptors (Lipinski definition) is 1. The first kappa shape index (κ1) is 11.3. The summed E-state index contributed by atoms with van der Waals surface area (Å²) in [4.78, 5) is 10.6. The second-order valence-corrected chi connectivity index (χ2v) is 3.48. The van der Waals surface area contributed by atoms with Gasteiger partial charge in [0.1, 0.15) is 11.6 Å². The zero-order chi connectivity index (χ0) is 12.4. The van der Waals surface area contributed by atoms with Crippen LogP contribution in [0.15, 0.2) is 42.5 Å². The average molecular weight is 234 g/mol. The summed E-state index contributed by atoms with van der Waals surface area (Å²) in [5, 5.41) is 8.67. The van der Waals surface area contributed by atoms with Crippen LogP contribution >= 0.6 is 0 Å². The molecule has 17 heavy (non-hydrogen) atoms. The lowest BCUT2D eigenvalue weighted by atomic mass is 10.0. The Morgan fingerprint density at radius 3 is 2.29 bits per heavy atom. The van der Waals surface area contributed by atoms with Crippen LogP contribution < -0.4 is 0 Å². The zero-order valence-corrected chi connectivity index (χ0v) is 8.65. The lowest BCUT2D eigenvalue weighted by Crippen LogP contribution is -2.00. The molecule has 0 saturated carbocycles. The van der Waals surface area contributed by atoms with Gasteiger partial charge in [-0.15, -0.1) is 0 Å². The molecule has 0 aromatic heterocycles. The zero-order valence-electron chi connectivity index (χ0n) is 8.65. The molecular weight excluding hydrogens is 226 g/mol. The highest BCUT2D eigenvalue weighted by molar-refractivity contribution is 5.88. The lowest BCUT2D eigenvalue weighted by molar-refractivity contribution is 0.0692. The first-order valence-electron chi connectivity index (χ1n) is 4.87. The van der Waals surface area contributed by atoms with E-state index in [0.717, 1.165) is 12.1 Å². The van der Waals surface area contributed by atoms with Crippen molar-refractivity contribution in [2.24, 2.45) is 0 Å². The van der Waals surface area contributed by atoms with Crippen LogP contribution in [0.3, 0.4) is 0 Å². The van der Waals surface area contributed by atoms with Crippen molar-refractivity contribution in [3.8, 4) is 11.1 Å². The van der Waals surface area contributed by atoms with Gasteiger partial charge < -0.3 is 5.11 Å². The van der Waals surface area contributed by atoms with E-state index in [1.165, 1.54) is 24.3 Å². The van der Waals surface area contributed by atoms with Gasteiger partial charge in [0.15, 0.2) is 0 Å². The number of halogens is 2. The molecule has 1 N–H and O–H groups in total. The van der Waals surface area contributed by atoms with E-state index in [4.69, 9.17) is 5.11 Å². The van der Waals surface area contributed by atoms with Gasteiger partial charge >= 0.3 is 5.97 Å². The van der Waals surface area contributed by atoms with E-state index < -0.39 is 23.2 Å². The Morgan fingerprint density at radius 2 is 1.71 bits per heavy atom. The standard InChI is InChI=1S/C13H8F2O2/c14-11-4-2-1-3-9(11)8-5-6-10(13(16)17)12(15)7-8/h1-7H,(H,16,17). The van der Waals surface area contributed by atoms with E-state index >= 15 is 0 Å². The third-order valence-corrected chi connectivity index (χ3v) is 2.38. The average Bonchev–Trinajstić information content (AvgIpc) is 2.29. The first-order chi connectivity index (χ1) is 8.09. The quantitative estimate of drug-likeness (QED) is 0.865. The summed E-state index contributed by atoms with van der Waals surface area (Å²) in [5.41, 5.74) is 0.124. The van der Waals surface area contributed by atoms with E-state index in [1.807, 2.05) is 0 Å². The van der Waals surface area contributed by atoms with Crippen molar-refractivity contribution in [2.75, 3.05) is 0 Å². The fourth-order valence-corrected chi connectivity index (χ4v) is 1.55. The summed E-state index contributed by atoms with van der Waals surface area (Å²) in [6.07, 6.45) is 0. The monoisotopic (exact) mass is 234 g/mol. The molecule has 0 aliphatic rings. The Kier molecular flexibility index (Phi) is 2.87. The van der Waals surface area contributed by atoms with Crippen LogP contribution in [0.1, 0.15) is 10.4 Å². The maximum absolute atomic E-state index is 13.4. The SMILES string of the molecule is O=C(O)c1ccc(-c2ccccc2F)cc1F. The number of carbonyl (C=O) groups is 1. The molecule has 0 radical (unpaired) electrons. The molecular formula is C13H8F2O2. The van der Waals surface area contributed by atoms with Gasteiger partial charge in [0.25, 0.3) is 0 Å². The third kappa shape index (κ3) is 2.15. The summed E-state index contributed by atoms with van der Waals surface area (Å²) < 4.78 is 26.8. The molecule has 0 fully saturated rings. The number of aromatic carboxylic acids is 1. The summed E-state index contributed by atoms with van der Waals surface area (Å²) in [5.74, 6) is -2.70. The van der Waals surface area contributed by atoms with E-state index in [2.05, 4.69) is 0 Å². The summed E-state index contributed by atoms with van der Waals surface area (Å²) in [6, 6.07) is 9.44. The van der Waals surface area contributed by atoms with Gasteiger partial charge in [0.05, 0.1) is 5.56 Å². The maximum atomic E-state index is 13.4. The van der Waals surface area contributed by atoms with Crippen molar-refractivity contribution in [1.29, 1.82) is 0 Å². The Hall–Kier alpha value is -2.23. The molecule has 0 aliphatic heterocycles. The summed E-state index contributed by atoms with van der Waals surface area (Å²) >= 11 is 0. The predicted octanol–water partition coefficient (Wildman–Crippen LogP) is 3.33. The molecule has 0 amide bonds. The number of carboxylic acid groups (broad SMARTS) is 1. The number of benzene rings is 2. The molecule has 2 aromatic rings. The van der Waals surface area contributed by atoms with Crippen LogP contribution in [0.5, 0.6) is 0 Å². The van der Waals surface area contributed by atoms with Crippen LogP contribution in [0.2, 0.25) is 0 Å². The molecule has 0 spiro atoms. The van der Waals surface area contributed by atoms with Crippen LogP contribution in [0.4, 0.5) is 8.78 Å². The molecule has 0 atom stereocenters. The van der Waals surface area contributed by atoms with Crippen molar-refractivity contribution >= 4 is 5.97 Å². The summed E-state index contributed by atoms with van der Waals surface area (Å²) in [6.45, 7) is 0. The molecule has 0 unspecified atom stereocenters. The summed E-state index contributed by atoms with van der Waals surface area (Å²) in [7, 11) is 0. The van der Waals surface area contributed by atoms with Crippen molar-refractivity contribution < 1.29 is 18.7 Å². The fraction of sp³-hybridized carbons (Fsp3) is 0. The lowest BCUT2D eigenvalue weighted by Gasteiger charge is -2.04. The molecule has 0 heterocycles. The molecule has 4 heteroatoms. The molecule has 0 bridgehead atoms. The van der Waals surface area contributed by atoms with Gasteiger partial charge in [-0.1, -0.05) is 24.3 Å². The van der Waals surface area contributed by atoms with Crippen molar-refractivity contribution in [3.63, 3.8) is 0 Å². The molecule has 0 aliphatic carbocycles. The minimum atomic E-state index is -1.34. The number of carboxylic acids is 1. The first-order valence-corrected chi connectivity index (χ1v) is 4.87. The largest absolute Gasteiger partial charge is 0.478 e. The molecule has 2 nitrogen and oxygen atoms in total. The van der Waals surface area contributed by atoms with Gasteiger partial charge in [-0.05, 0) is 23.8 Å². The minimum Gasteiger partial charge on any atom is -0.478 e. The van der Waals surface area contributed by atoms with E-state index in [1.54, 1.807) is 6.07 Å². The normalized spacial score (nSPS) is 10.2. The minimum absolute atomic E-state index is 0.239. The van der Waals surface area contributed by atoms with E-state index in [0.29, 0.717) is 5.56 Å². The second-order valence-electron chi connectivity index (χ2n) is 3.48. The number of hydrogen-bond donors (Lipinski definition) is 1. The molecule has 0 saturated heterocycles. The second kappa shape index (κ2) is 4.33. The van der Waals surface area contributed by atoms with Crippen LogP contribution in [-0.4, -0.2) is 11.1 Å². The van der Waals surface area contributed by atoms with Crippen LogP contribution in [0, 0.1) is 11.6 Å². The van der Waals surface area contributed by atoms with Gasteiger partial charge in [-0.2, -0.15) is 0 Å². The highest BCUT2D eigenvalue weighted by Crippen LogP contribution is 2.24. The smallest absolute Gasteiger partial charge is 0.338 e.